The van der Waals surface area contributed by atoms with Gasteiger partial charge in [-0.05, 0) is 56.2 Å². The summed E-state index contributed by atoms with van der Waals surface area (Å²) in [5.41, 5.74) is 6.92. The van der Waals surface area contributed by atoms with Crippen molar-refractivity contribution in [1.29, 1.82) is 0 Å². The summed E-state index contributed by atoms with van der Waals surface area (Å²) in [6.07, 6.45) is 3.97. The van der Waals surface area contributed by atoms with Crippen LogP contribution in [0.3, 0.4) is 0 Å². The van der Waals surface area contributed by atoms with Crippen molar-refractivity contribution in [3.63, 3.8) is 0 Å². The van der Waals surface area contributed by atoms with Crippen LogP contribution in [0.25, 0.3) is 0 Å². The summed E-state index contributed by atoms with van der Waals surface area (Å²) in [6, 6.07) is 5.01. The second-order valence-corrected chi connectivity index (χ2v) is 8.04. The number of benzene rings is 1. The topological polar surface area (TPSA) is 72.2 Å². The van der Waals surface area contributed by atoms with Crippen LogP contribution in [0.5, 0.6) is 0 Å². The summed E-state index contributed by atoms with van der Waals surface area (Å²) in [5, 5.41) is 0. The fourth-order valence-electron chi connectivity index (χ4n) is 2.77. The summed E-state index contributed by atoms with van der Waals surface area (Å²) >= 11 is 4.91. The molecule has 1 aromatic carbocycles. The molecule has 21 heavy (non-hydrogen) atoms. The molecule has 0 aromatic heterocycles. The van der Waals surface area contributed by atoms with Gasteiger partial charge in [0.2, 0.25) is 10.0 Å². The fourth-order valence-corrected chi connectivity index (χ4v) is 4.42. The minimum Gasteiger partial charge on any atom is -0.389 e. The predicted octanol–water partition coefficient (Wildman–Crippen LogP) is 2.49. The molecule has 0 atom stereocenters. The summed E-state index contributed by atoms with van der Waals surface area (Å²) in [4.78, 5) is 0.581. The fraction of sp³-hybridized carbons (Fsp3) is 0.533. The molecule has 0 bridgehead atoms. The third-order valence-corrected chi connectivity index (χ3v) is 6.00. The van der Waals surface area contributed by atoms with E-state index in [0.29, 0.717) is 21.9 Å². The van der Waals surface area contributed by atoms with Gasteiger partial charge in [-0.1, -0.05) is 25.2 Å². The Morgan fingerprint density at radius 1 is 1.29 bits per heavy atom. The number of hydrogen-bond donors (Lipinski definition) is 2. The van der Waals surface area contributed by atoms with Crippen molar-refractivity contribution in [1.82, 2.24) is 4.72 Å². The van der Waals surface area contributed by atoms with Crippen LogP contribution in [0.1, 0.15) is 43.7 Å². The minimum absolute atomic E-state index is 0.0425. The van der Waals surface area contributed by atoms with Gasteiger partial charge in [0.25, 0.3) is 0 Å². The zero-order chi connectivity index (χ0) is 15.6. The lowest BCUT2D eigenvalue weighted by atomic mass is 9.88. The number of aryl methyl sites for hydroxylation is 1. The van der Waals surface area contributed by atoms with E-state index in [1.807, 2.05) is 0 Å². The van der Waals surface area contributed by atoms with Gasteiger partial charge in [0, 0.05) is 11.6 Å². The van der Waals surface area contributed by atoms with E-state index < -0.39 is 10.0 Å². The number of sulfonamides is 1. The van der Waals surface area contributed by atoms with Gasteiger partial charge in [-0.25, -0.2) is 13.1 Å². The maximum absolute atomic E-state index is 12.5. The quantitative estimate of drug-likeness (QED) is 0.834. The van der Waals surface area contributed by atoms with E-state index in [2.05, 4.69) is 11.6 Å². The normalized spacial score (nSPS) is 23.0. The summed E-state index contributed by atoms with van der Waals surface area (Å²) in [5.74, 6) is 0.692. The van der Waals surface area contributed by atoms with Crippen molar-refractivity contribution in [2.45, 2.75) is 50.5 Å². The largest absolute Gasteiger partial charge is 0.389 e. The van der Waals surface area contributed by atoms with Crippen LogP contribution < -0.4 is 10.5 Å². The van der Waals surface area contributed by atoms with E-state index >= 15 is 0 Å². The van der Waals surface area contributed by atoms with Crippen LogP contribution in [0.2, 0.25) is 0 Å². The molecule has 0 heterocycles. The Morgan fingerprint density at radius 3 is 2.43 bits per heavy atom. The highest BCUT2D eigenvalue weighted by Gasteiger charge is 2.25. The van der Waals surface area contributed by atoms with Crippen LogP contribution in [0.4, 0.5) is 0 Å². The van der Waals surface area contributed by atoms with Gasteiger partial charge in [-0.2, -0.15) is 0 Å². The Balaban J connectivity index is 2.18. The third-order valence-electron chi connectivity index (χ3n) is 4.09. The van der Waals surface area contributed by atoms with Crippen LogP contribution in [-0.2, 0) is 10.0 Å². The van der Waals surface area contributed by atoms with Crippen LogP contribution >= 0.6 is 12.2 Å². The number of nitrogens with two attached hydrogens (primary N) is 1. The lowest BCUT2D eigenvalue weighted by Crippen LogP contribution is -2.37. The molecule has 0 amide bonds. The van der Waals surface area contributed by atoms with Crippen molar-refractivity contribution in [3.05, 3.63) is 29.3 Å². The summed E-state index contributed by atoms with van der Waals surface area (Å²) < 4.78 is 27.8. The monoisotopic (exact) mass is 326 g/mol. The van der Waals surface area contributed by atoms with E-state index in [4.69, 9.17) is 18.0 Å². The maximum atomic E-state index is 12.5. The van der Waals surface area contributed by atoms with Crippen LogP contribution in [0.15, 0.2) is 23.1 Å². The first-order chi connectivity index (χ1) is 9.79. The molecule has 2 rings (SSSR count). The smallest absolute Gasteiger partial charge is 0.241 e. The van der Waals surface area contributed by atoms with E-state index in [0.717, 1.165) is 25.7 Å². The first kappa shape index (κ1) is 16.4. The highest BCUT2D eigenvalue weighted by Crippen LogP contribution is 2.25. The molecule has 0 unspecified atom stereocenters. The highest BCUT2D eigenvalue weighted by molar-refractivity contribution is 7.89. The Bertz CT molecular complexity index is 633. The second-order valence-electron chi connectivity index (χ2n) is 5.92. The van der Waals surface area contributed by atoms with Gasteiger partial charge in [-0.15, -0.1) is 0 Å². The Labute approximate surface area is 132 Å². The molecule has 116 valence electrons. The molecule has 0 spiro atoms. The predicted molar refractivity (Wildman–Crippen MR) is 88.8 cm³/mol. The molecule has 4 nitrogen and oxygen atoms in total. The standard InChI is InChI=1S/C15H22N2O2S2/c1-10-3-6-13(7-4-10)17-21(18,19)14-8-5-12(15(16)20)9-11(14)2/h5,8-10,13,17H,3-4,6-7H2,1-2H3,(H2,16,20). The van der Waals surface area contributed by atoms with Gasteiger partial charge < -0.3 is 5.73 Å². The molecule has 0 saturated heterocycles. The summed E-state index contributed by atoms with van der Waals surface area (Å²) in [6.45, 7) is 3.97. The highest BCUT2D eigenvalue weighted by atomic mass is 32.2. The average Bonchev–Trinajstić information content (AvgIpc) is 2.40. The Morgan fingerprint density at radius 2 is 1.90 bits per heavy atom. The SMILES string of the molecule is Cc1cc(C(N)=S)ccc1S(=O)(=O)NC1CCC(C)CC1. The van der Waals surface area contributed by atoms with Gasteiger partial charge in [0.05, 0.1) is 4.90 Å². The van der Waals surface area contributed by atoms with E-state index in [1.54, 1.807) is 25.1 Å². The van der Waals surface area contributed by atoms with Crippen molar-refractivity contribution >= 4 is 27.2 Å². The van der Waals surface area contributed by atoms with Gasteiger partial charge >= 0.3 is 0 Å². The molecule has 0 aliphatic heterocycles. The molecular weight excluding hydrogens is 304 g/mol. The van der Waals surface area contributed by atoms with E-state index in [-0.39, 0.29) is 11.0 Å². The number of hydrogen-bond acceptors (Lipinski definition) is 3. The molecule has 1 aliphatic carbocycles. The van der Waals surface area contributed by atoms with Crippen molar-refractivity contribution in [3.8, 4) is 0 Å². The number of thiocarbonyl (C=S) groups is 1. The third kappa shape index (κ3) is 4.02. The minimum atomic E-state index is -3.48. The van der Waals surface area contributed by atoms with Gasteiger partial charge in [0.15, 0.2) is 0 Å². The average molecular weight is 326 g/mol. The van der Waals surface area contributed by atoms with Gasteiger partial charge in [-0.3, -0.25) is 0 Å². The maximum Gasteiger partial charge on any atom is 0.241 e. The van der Waals surface area contributed by atoms with Gasteiger partial charge in [0.1, 0.15) is 4.99 Å². The zero-order valence-corrected chi connectivity index (χ0v) is 14.1. The van der Waals surface area contributed by atoms with E-state index in [9.17, 15) is 8.42 Å². The molecule has 1 aromatic rings. The lowest BCUT2D eigenvalue weighted by Gasteiger charge is -2.27. The Hall–Kier alpha value is -0.980. The first-order valence-corrected chi connectivity index (χ1v) is 9.11. The van der Waals surface area contributed by atoms with Crippen molar-refractivity contribution in [2.24, 2.45) is 11.7 Å². The van der Waals surface area contributed by atoms with E-state index in [1.165, 1.54) is 0 Å². The number of nitrogens with one attached hydrogen (secondary N) is 1. The lowest BCUT2D eigenvalue weighted by molar-refractivity contribution is 0.332. The zero-order valence-electron chi connectivity index (χ0n) is 12.4. The van der Waals surface area contributed by atoms with Crippen molar-refractivity contribution in [2.75, 3.05) is 0 Å². The summed E-state index contributed by atoms with van der Waals surface area (Å²) in [7, 11) is -3.48. The van der Waals surface area contributed by atoms with Crippen LogP contribution in [0, 0.1) is 12.8 Å². The first-order valence-electron chi connectivity index (χ1n) is 7.22. The molecule has 0 radical (unpaired) electrons. The Kier molecular flexibility index (Phi) is 5.01. The molecule has 1 saturated carbocycles. The molecule has 1 fully saturated rings. The molecule has 1 aliphatic rings. The van der Waals surface area contributed by atoms with Crippen LogP contribution in [-0.4, -0.2) is 19.4 Å². The second kappa shape index (κ2) is 6.42. The molecule has 6 heteroatoms. The van der Waals surface area contributed by atoms with Crippen molar-refractivity contribution < 1.29 is 8.42 Å². The number of rotatable bonds is 4. The molecule has 3 N–H and O–H groups in total. The molecular formula is C15H22N2O2S2.